The van der Waals surface area contributed by atoms with Crippen LogP contribution in [-0.4, -0.2) is 37.1 Å². The van der Waals surface area contributed by atoms with E-state index in [1.165, 1.54) is 64.7 Å². The summed E-state index contributed by atoms with van der Waals surface area (Å²) in [6.07, 6.45) is 8.38. The van der Waals surface area contributed by atoms with Gasteiger partial charge in [0.05, 0.1) is 0 Å². The Morgan fingerprint density at radius 3 is 2.61 bits per heavy atom. The van der Waals surface area contributed by atoms with Crippen LogP contribution in [0.3, 0.4) is 0 Å². The van der Waals surface area contributed by atoms with Gasteiger partial charge in [-0.25, -0.2) is 0 Å². The van der Waals surface area contributed by atoms with Crippen LogP contribution in [-0.2, 0) is 0 Å². The van der Waals surface area contributed by atoms with Crippen LogP contribution in [0.15, 0.2) is 0 Å². The van der Waals surface area contributed by atoms with Crippen molar-refractivity contribution < 1.29 is 0 Å². The largest absolute Gasteiger partial charge is 0.316 e. The van der Waals surface area contributed by atoms with Crippen molar-refractivity contribution in [2.45, 2.75) is 65.3 Å². The minimum atomic E-state index is 0.539. The molecule has 1 aliphatic heterocycles. The normalized spacial score (nSPS) is 32.0. The highest BCUT2D eigenvalue weighted by molar-refractivity contribution is 4.92. The second-order valence-electron chi connectivity index (χ2n) is 7.10. The first kappa shape index (κ1) is 14.3. The maximum atomic E-state index is 3.57. The van der Waals surface area contributed by atoms with Crippen molar-refractivity contribution in [1.82, 2.24) is 10.2 Å². The first-order chi connectivity index (χ1) is 8.63. The van der Waals surface area contributed by atoms with Gasteiger partial charge in [-0.1, -0.05) is 27.2 Å². The van der Waals surface area contributed by atoms with Crippen LogP contribution >= 0.6 is 0 Å². The Balaban J connectivity index is 1.94. The molecule has 0 spiro atoms. The summed E-state index contributed by atoms with van der Waals surface area (Å²) in [4.78, 5) is 2.82. The SMILES string of the molecule is CCCN(CC1CCCNC1)C1CCCC1(C)C. The van der Waals surface area contributed by atoms with Crippen molar-refractivity contribution >= 4 is 0 Å². The molecule has 0 amide bonds. The van der Waals surface area contributed by atoms with E-state index >= 15 is 0 Å². The summed E-state index contributed by atoms with van der Waals surface area (Å²) in [7, 11) is 0. The summed E-state index contributed by atoms with van der Waals surface area (Å²) in [5.74, 6) is 0.890. The third kappa shape index (κ3) is 3.48. The van der Waals surface area contributed by atoms with Crippen LogP contribution in [0.2, 0.25) is 0 Å². The van der Waals surface area contributed by atoms with E-state index in [0.717, 1.165) is 12.0 Å². The van der Waals surface area contributed by atoms with E-state index in [2.05, 4.69) is 31.0 Å². The van der Waals surface area contributed by atoms with E-state index in [0.29, 0.717) is 5.41 Å². The molecule has 1 aliphatic carbocycles. The lowest BCUT2D eigenvalue weighted by Gasteiger charge is -2.40. The predicted molar refractivity (Wildman–Crippen MR) is 78.9 cm³/mol. The lowest BCUT2D eigenvalue weighted by Crippen LogP contribution is -2.47. The molecule has 18 heavy (non-hydrogen) atoms. The predicted octanol–water partition coefficient (Wildman–Crippen LogP) is 3.28. The van der Waals surface area contributed by atoms with Gasteiger partial charge in [0.2, 0.25) is 0 Å². The van der Waals surface area contributed by atoms with Crippen molar-refractivity contribution in [2.24, 2.45) is 11.3 Å². The van der Waals surface area contributed by atoms with Gasteiger partial charge < -0.3 is 5.32 Å². The summed E-state index contributed by atoms with van der Waals surface area (Å²) >= 11 is 0. The average Bonchev–Trinajstić information content (AvgIpc) is 2.70. The number of hydrogen-bond donors (Lipinski definition) is 1. The van der Waals surface area contributed by atoms with E-state index in [9.17, 15) is 0 Å². The van der Waals surface area contributed by atoms with E-state index in [1.807, 2.05) is 0 Å². The summed E-state index contributed by atoms with van der Waals surface area (Å²) in [6.45, 7) is 12.4. The minimum absolute atomic E-state index is 0.539. The maximum Gasteiger partial charge on any atom is 0.0146 e. The molecule has 0 bridgehead atoms. The second kappa shape index (κ2) is 6.38. The Morgan fingerprint density at radius 1 is 1.22 bits per heavy atom. The van der Waals surface area contributed by atoms with Crippen molar-refractivity contribution in [2.75, 3.05) is 26.2 Å². The molecule has 2 unspecified atom stereocenters. The third-order valence-corrected chi connectivity index (χ3v) is 5.04. The Bertz CT molecular complexity index is 243. The quantitative estimate of drug-likeness (QED) is 0.808. The molecule has 0 aromatic rings. The topological polar surface area (TPSA) is 15.3 Å². The van der Waals surface area contributed by atoms with E-state index < -0.39 is 0 Å². The molecular weight excluding hydrogens is 220 g/mol. The molecule has 0 radical (unpaired) electrons. The van der Waals surface area contributed by atoms with Gasteiger partial charge >= 0.3 is 0 Å². The fraction of sp³-hybridized carbons (Fsp3) is 1.00. The molecule has 2 aliphatic rings. The maximum absolute atomic E-state index is 3.57. The molecule has 2 heteroatoms. The number of rotatable bonds is 5. The van der Waals surface area contributed by atoms with Gasteiger partial charge in [0.25, 0.3) is 0 Å². The fourth-order valence-electron chi connectivity index (χ4n) is 4.06. The lowest BCUT2D eigenvalue weighted by molar-refractivity contribution is 0.0893. The van der Waals surface area contributed by atoms with Gasteiger partial charge in [0.15, 0.2) is 0 Å². The van der Waals surface area contributed by atoms with Crippen LogP contribution in [0.5, 0.6) is 0 Å². The van der Waals surface area contributed by atoms with Crippen molar-refractivity contribution in [1.29, 1.82) is 0 Å². The van der Waals surface area contributed by atoms with Crippen molar-refractivity contribution in [3.63, 3.8) is 0 Å². The van der Waals surface area contributed by atoms with Crippen LogP contribution in [0.1, 0.15) is 59.3 Å². The van der Waals surface area contributed by atoms with Crippen molar-refractivity contribution in [3.8, 4) is 0 Å². The first-order valence-electron chi connectivity index (χ1n) is 8.08. The third-order valence-electron chi connectivity index (χ3n) is 5.04. The smallest absolute Gasteiger partial charge is 0.0146 e. The highest BCUT2D eigenvalue weighted by Crippen LogP contribution is 2.40. The first-order valence-corrected chi connectivity index (χ1v) is 8.08. The molecule has 0 aromatic carbocycles. The Morgan fingerprint density at radius 2 is 2.06 bits per heavy atom. The van der Waals surface area contributed by atoms with Crippen LogP contribution < -0.4 is 5.32 Å². The van der Waals surface area contributed by atoms with Gasteiger partial charge in [0, 0.05) is 12.6 Å². The molecule has 2 rings (SSSR count). The Kier molecular flexibility index (Phi) is 5.08. The molecule has 1 saturated heterocycles. The van der Waals surface area contributed by atoms with E-state index in [4.69, 9.17) is 0 Å². The summed E-state index contributed by atoms with van der Waals surface area (Å²) in [5, 5.41) is 3.57. The van der Waals surface area contributed by atoms with Gasteiger partial charge in [-0.05, 0) is 63.1 Å². The molecular formula is C16H32N2. The Labute approximate surface area is 114 Å². The van der Waals surface area contributed by atoms with Crippen LogP contribution in [0, 0.1) is 11.3 Å². The van der Waals surface area contributed by atoms with Crippen LogP contribution in [0.4, 0.5) is 0 Å². The summed E-state index contributed by atoms with van der Waals surface area (Å²) < 4.78 is 0. The average molecular weight is 252 g/mol. The fourth-order valence-corrected chi connectivity index (χ4v) is 4.06. The molecule has 1 heterocycles. The molecule has 2 nitrogen and oxygen atoms in total. The monoisotopic (exact) mass is 252 g/mol. The second-order valence-corrected chi connectivity index (χ2v) is 7.10. The zero-order valence-corrected chi connectivity index (χ0v) is 12.7. The Hall–Kier alpha value is -0.0800. The summed E-state index contributed by atoms with van der Waals surface area (Å²) in [6, 6.07) is 0.833. The minimum Gasteiger partial charge on any atom is -0.316 e. The van der Waals surface area contributed by atoms with Gasteiger partial charge in [-0.3, -0.25) is 4.90 Å². The zero-order valence-electron chi connectivity index (χ0n) is 12.7. The highest BCUT2D eigenvalue weighted by Gasteiger charge is 2.38. The molecule has 0 aromatic heterocycles. The van der Waals surface area contributed by atoms with E-state index in [1.54, 1.807) is 0 Å². The number of nitrogens with zero attached hydrogens (tertiary/aromatic N) is 1. The van der Waals surface area contributed by atoms with Crippen molar-refractivity contribution in [3.05, 3.63) is 0 Å². The lowest BCUT2D eigenvalue weighted by atomic mass is 9.85. The standard InChI is InChI=1S/C16H32N2/c1-4-11-18(13-14-7-6-10-17-12-14)15-8-5-9-16(15,2)3/h14-15,17H,4-13H2,1-3H3. The molecule has 1 N–H and O–H groups in total. The van der Waals surface area contributed by atoms with Gasteiger partial charge in [-0.2, -0.15) is 0 Å². The molecule has 106 valence electrons. The van der Waals surface area contributed by atoms with Gasteiger partial charge in [-0.15, -0.1) is 0 Å². The summed E-state index contributed by atoms with van der Waals surface area (Å²) in [5.41, 5.74) is 0.539. The van der Waals surface area contributed by atoms with E-state index in [-0.39, 0.29) is 0 Å². The van der Waals surface area contributed by atoms with Gasteiger partial charge in [0.1, 0.15) is 0 Å². The van der Waals surface area contributed by atoms with Crippen LogP contribution in [0.25, 0.3) is 0 Å². The number of piperidine rings is 1. The molecule has 1 saturated carbocycles. The molecule has 2 atom stereocenters. The highest BCUT2D eigenvalue weighted by atomic mass is 15.2. The zero-order chi connectivity index (χ0) is 13.0. The molecule has 2 fully saturated rings. The number of nitrogens with one attached hydrogen (secondary N) is 1. The number of hydrogen-bond acceptors (Lipinski definition) is 2.